The van der Waals surface area contributed by atoms with Crippen LogP contribution in [-0.4, -0.2) is 23.0 Å². The van der Waals surface area contributed by atoms with Crippen LogP contribution in [0, 0.1) is 0 Å². The van der Waals surface area contributed by atoms with Gasteiger partial charge in [-0.1, -0.05) is 25.5 Å². The van der Waals surface area contributed by atoms with E-state index in [0.717, 1.165) is 6.42 Å². The Bertz CT molecular complexity index is 415. The first-order valence-corrected chi connectivity index (χ1v) is 5.90. The second kappa shape index (κ2) is 6.76. The molecule has 0 aliphatic heterocycles. The van der Waals surface area contributed by atoms with E-state index in [9.17, 15) is 9.59 Å². The van der Waals surface area contributed by atoms with Crippen LogP contribution in [0.4, 0.5) is 5.69 Å². The predicted molar refractivity (Wildman–Crippen MR) is 69.3 cm³/mol. The molecule has 1 atom stereocenters. The van der Waals surface area contributed by atoms with Crippen molar-refractivity contribution in [1.29, 1.82) is 0 Å². The third-order valence-corrected chi connectivity index (χ3v) is 2.51. The van der Waals surface area contributed by atoms with Crippen molar-refractivity contribution in [3.05, 3.63) is 29.8 Å². The fraction of sp³-hybridized carbons (Fsp3) is 0.385. The lowest BCUT2D eigenvalue weighted by atomic mass is 10.1. The van der Waals surface area contributed by atoms with Crippen LogP contribution < -0.4 is 11.1 Å². The minimum absolute atomic E-state index is 0.0242. The Kier molecular flexibility index (Phi) is 5.32. The van der Waals surface area contributed by atoms with Crippen molar-refractivity contribution in [3.63, 3.8) is 0 Å². The molecule has 0 heterocycles. The fourth-order valence-corrected chi connectivity index (χ4v) is 1.56. The summed E-state index contributed by atoms with van der Waals surface area (Å²) in [5.41, 5.74) is 7.00. The molecule has 4 N–H and O–H groups in total. The van der Waals surface area contributed by atoms with Gasteiger partial charge in [0.05, 0.1) is 12.5 Å². The maximum Gasteiger partial charge on any atom is 0.307 e. The lowest BCUT2D eigenvalue weighted by Crippen LogP contribution is -2.35. The molecule has 0 bridgehead atoms. The van der Waals surface area contributed by atoms with Gasteiger partial charge >= 0.3 is 5.97 Å². The number of carbonyl (C=O) groups excluding carboxylic acids is 1. The van der Waals surface area contributed by atoms with Crippen LogP contribution in [0.3, 0.4) is 0 Å². The van der Waals surface area contributed by atoms with E-state index in [0.29, 0.717) is 17.7 Å². The van der Waals surface area contributed by atoms with Gasteiger partial charge < -0.3 is 16.2 Å². The van der Waals surface area contributed by atoms with Crippen molar-refractivity contribution < 1.29 is 14.7 Å². The summed E-state index contributed by atoms with van der Waals surface area (Å²) < 4.78 is 0. The Morgan fingerprint density at radius 1 is 1.33 bits per heavy atom. The van der Waals surface area contributed by atoms with Crippen LogP contribution in [0.25, 0.3) is 0 Å². The number of rotatable bonds is 6. The summed E-state index contributed by atoms with van der Waals surface area (Å²) in [5, 5.41) is 11.3. The number of hydrogen-bond acceptors (Lipinski definition) is 3. The number of nitrogens with one attached hydrogen (secondary N) is 1. The van der Waals surface area contributed by atoms with E-state index in [2.05, 4.69) is 5.32 Å². The molecule has 1 amide bonds. The standard InChI is InChI=1S/C13H18N2O3/c1-2-3-11(14)13(18)15-10-6-4-9(5-7-10)8-12(16)17/h4-7,11H,2-3,8,14H2,1H3,(H,15,18)(H,16,17)/t11-/m1/s1. The second-order valence-electron chi connectivity index (χ2n) is 4.15. The molecule has 1 aromatic rings. The number of amides is 1. The van der Waals surface area contributed by atoms with Crippen LogP contribution in [0.2, 0.25) is 0 Å². The third kappa shape index (κ3) is 4.55. The summed E-state index contributed by atoms with van der Waals surface area (Å²) in [6.45, 7) is 1.97. The van der Waals surface area contributed by atoms with Crippen molar-refractivity contribution in [2.24, 2.45) is 5.73 Å². The first kappa shape index (κ1) is 14.2. The van der Waals surface area contributed by atoms with Gasteiger partial charge in [0.1, 0.15) is 0 Å². The molecule has 0 unspecified atom stereocenters. The predicted octanol–water partition coefficient (Wildman–Crippen LogP) is 1.38. The Balaban J connectivity index is 2.58. The number of nitrogens with two attached hydrogens (primary N) is 1. The first-order chi connectivity index (χ1) is 8.52. The molecule has 0 radical (unpaired) electrons. The van der Waals surface area contributed by atoms with E-state index < -0.39 is 12.0 Å². The summed E-state index contributed by atoms with van der Waals surface area (Å²) in [4.78, 5) is 22.1. The Morgan fingerprint density at radius 2 is 1.94 bits per heavy atom. The molecule has 18 heavy (non-hydrogen) atoms. The van der Waals surface area contributed by atoms with E-state index in [1.165, 1.54) is 0 Å². The van der Waals surface area contributed by atoms with Gasteiger partial charge in [-0.3, -0.25) is 9.59 Å². The molecule has 5 heteroatoms. The highest BCUT2D eigenvalue weighted by Crippen LogP contribution is 2.11. The zero-order valence-corrected chi connectivity index (χ0v) is 10.3. The van der Waals surface area contributed by atoms with Crippen molar-refractivity contribution in [2.75, 3.05) is 5.32 Å². The largest absolute Gasteiger partial charge is 0.481 e. The highest BCUT2D eigenvalue weighted by molar-refractivity contribution is 5.94. The number of carboxylic acids is 1. The van der Waals surface area contributed by atoms with Crippen LogP contribution in [0.5, 0.6) is 0 Å². The van der Waals surface area contributed by atoms with Gasteiger partial charge in [0.25, 0.3) is 0 Å². The number of hydrogen-bond donors (Lipinski definition) is 3. The van der Waals surface area contributed by atoms with E-state index in [1.54, 1.807) is 24.3 Å². The first-order valence-electron chi connectivity index (χ1n) is 5.90. The average Bonchev–Trinajstić information content (AvgIpc) is 2.31. The smallest absolute Gasteiger partial charge is 0.307 e. The molecule has 0 aromatic heterocycles. The second-order valence-corrected chi connectivity index (χ2v) is 4.15. The summed E-state index contributed by atoms with van der Waals surface area (Å²) in [6, 6.07) is 6.20. The van der Waals surface area contributed by atoms with Gasteiger partial charge in [-0.05, 0) is 24.1 Å². The van der Waals surface area contributed by atoms with Gasteiger partial charge in [0, 0.05) is 5.69 Å². The van der Waals surface area contributed by atoms with E-state index in [-0.39, 0.29) is 12.3 Å². The van der Waals surface area contributed by atoms with Gasteiger partial charge in [-0.25, -0.2) is 0 Å². The zero-order valence-electron chi connectivity index (χ0n) is 10.3. The minimum Gasteiger partial charge on any atom is -0.481 e. The maximum absolute atomic E-state index is 11.6. The summed E-state index contributed by atoms with van der Waals surface area (Å²) in [5.74, 6) is -1.10. The molecule has 0 fully saturated rings. The van der Waals surface area contributed by atoms with Gasteiger partial charge in [0.15, 0.2) is 0 Å². The molecule has 98 valence electrons. The van der Waals surface area contributed by atoms with Crippen LogP contribution in [0.1, 0.15) is 25.3 Å². The Labute approximate surface area is 106 Å². The van der Waals surface area contributed by atoms with Crippen molar-refractivity contribution in [1.82, 2.24) is 0 Å². The molecule has 0 saturated carbocycles. The quantitative estimate of drug-likeness (QED) is 0.711. The lowest BCUT2D eigenvalue weighted by Gasteiger charge is -2.11. The van der Waals surface area contributed by atoms with Gasteiger partial charge in [-0.2, -0.15) is 0 Å². The zero-order chi connectivity index (χ0) is 13.5. The average molecular weight is 250 g/mol. The molecule has 5 nitrogen and oxygen atoms in total. The fourth-order valence-electron chi connectivity index (χ4n) is 1.56. The SMILES string of the molecule is CCC[C@@H](N)C(=O)Nc1ccc(CC(=O)O)cc1. The monoisotopic (exact) mass is 250 g/mol. The highest BCUT2D eigenvalue weighted by Gasteiger charge is 2.12. The molecule has 1 aromatic carbocycles. The van der Waals surface area contributed by atoms with E-state index >= 15 is 0 Å². The van der Waals surface area contributed by atoms with Gasteiger partial charge in [0.2, 0.25) is 5.91 Å². The molecule has 1 rings (SSSR count). The van der Waals surface area contributed by atoms with E-state index in [1.807, 2.05) is 6.92 Å². The number of carboxylic acid groups (broad SMARTS) is 1. The van der Waals surface area contributed by atoms with Crippen LogP contribution in [0.15, 0.2) is 24.3 Å². The van der Waals surface area contributed by atoms with Crippen LogP contribution >= 0.6 is 0 Å². The van der Waals surface area contributed by atoms with Crippen LogP contribution in [-0.2, 0) is 16.0 Å². The molecule has 0 aliphatic rings. The number of aliphatic carboxylic acids is 1. The number of anilines is 1. The molecule has 0 saturated heterocycles. The minimum atomic E-state index is -0.878. The Morgan fingerprint density at radius 3 is 2.44 bits per heavy atom. The van der Waals surface area contributed by atoms with Crippen molar-refractivity contribution in [3.8, 4) is 0 Å². The summed E-state index contributed by atoms with van der Waals surface area (Å²) in [6.07, 6.45) is 1.47. The third-order valence-electron chi connectivity index (χ3n) is 2.51. The molecular formula is C13H18N2O3. The molecule has 0 aliphatic carbocycles. The van der Waals surface area contributed by atoms with E-state index in [4.69, 9.17) is 10.8 Å². The maximum atomic E-state index is 11.6. The Hall–Kier alpha value is -1.88. The summed E-state index contributed by atoms with van der Waals surface area (Å²) in [7, 11) is 0. The van der Waals surface area contributed by atoms with Crippen molar-refractivity contribution >= 4 is 17.6 Å². The molecule has 0 spiro atoms. The highest BCUT2D eigenvalue weighted by atomic mass is 16.4. The lowest BCUT2D eigenvalue weighted by molar-refractivity contribution is -0.136. The summed E-state index contributed by atoms with van der Waals surface area (Å²) >= 11 is 0. The number of benzene rings is 1. The van der Waals surface area contributed by atoms with Crippen molar-refractivity contribution in [2.45, 2.75) is 32.2 Å². The topological polar surface area (TPSA) is 92.4 Å². The number of carbonyl (C=O) groups is 2. The normalized spacial score (nSPS) is 11.9. The van der Waals surface area contributed by atoms with Gasteiger partial charge in [-0.15, -0.1) is 0 Å². The molecular weight excluding hydrogens is 232 g/mol.